The Labute approximate surface area is 181 Å². The van der Waals surface area contributed by atoms with E-state index in [1.54, 1.807) is 0 Å². The summed E-state index contributed by atoms with van der Waals surface area (Å²) >= 11 is 0. The van der Waals surface area contributed by atoms with Crippen molar-refractivity contribution < 1.29 is 20.1 Å². The molecule has 2 heterocycles. The van der Waals surface area contributed by atoms with E-state index in [1.165, 1.54) is 33.3 Å². The molecule has 0 atom stereocenters. The second kappa shape index (κ2) is 6.68. The maximum absolute atomic E-state index is 5.04. The van der Waals surface area contributed by atoms with Crippen LogP contribution in [0.1, 0.15) is 63.9 Å². The maximum atomic E-state index is 5.04. The molecule has 4 rings (SSSR count). The first kappa shape index (κ1) is 21.0. The van der Waals surface area contributed by atoms with Crippen LogP contribution >= 0.6 is 0 Å². The van der Waals surface area contributed by atoms with Gasteiger partial charge in [-0.3, -0.25) is 4.98 Å². The molecule has 0 saturated carbocycles. The van der Waals surface area contributed by atoms with Crippen molar-refractivity contribution in [2.45, 2.75) is 66.2 Å². The molecule has 0 spiro atoms. The molecule has 149 valence electrons. The number of benzene rings is 2. The summed E-state index contributed by atoms with van der Waals surface area (Å²) in [5.74, 6) is 0. The van der Waals surface area contributed by atoms with Gasteiger partial charge in [-0.15, -0.1) is 34.5 Å². The van der Waals surface area contributed by atoms with Gasteiger partial charge in [0.1, 0.15) is 0 Å². The first-order chi connectivity index (χ1) is 12.5. The van der Waals surface area contributed by atoms with Crippen molar-refractivity contribution in [1.29, 1.82) is 0 Å². The summed E-state index contributed by atoms with van der Waals surface area (Å²) in [5, 5.41) is 2.33. The van der Waals surface area contributed by atoms with Crippen LogP contribution in [-0.4, -0.2) is 9.38 Å². The van der Waals surface area contributed by atoms with E-state index < -0.39 is 0 Å². The molecule has 0 amide bonds. The number of aryl methyl sites for hydroxylation is 2. The monoisotopic (exact) mass is 550 g/mol. The summed E-state index contributed by atoms with van der Waals surface area (Å²) in [7, 11) is 0. The smallest absolute Gasteiger partial charge is 0.0777 e. The fourth-order valence-electron chi connectivity index (χ4n) is 3.76. The Bertz CT molecular complexity index is 1200. The van der Waals surface area contributed by atoms with Crippen LogP contribution in [0.4, 0.5) is 0 Å². The second-order valence-electron chi connectivity index (χ2n) is 9.94. The van der Waals surface area contributed by atoms with Crippen molar-refractivity contribution >= 4 is 27.5 Å². The Kier molecular flexibility index (Phi) is 5.01. The molecule has 0 bridgehead atoms. The molecule has 1 radical (unpaired) electrons. The first-order valence-electron chi connectivity index (χ1n) is 9.75. The van der Waals surface area contributed by atoms with Crippen LogP contribution in [0.15, 0.2) is 30.3 Å². The molecular formula is C25H29IrN2-. The average Bonchev–Trinajstić information content (AvgIpc) is 2.90. The Balaban J connectivity index is 0.00000225. The Morgan fingerprint density at radius 1 is 0.857 bits per heavy atom. The zero-order chi connectivity index (χ0) is 19.7. The number of rotatable bonds is 0. The van der Waals surface area contributed by atoms with Crippen molar-refractivity contribution in [2.24, 2.45) is 0 Å². The number of hydrogen-bond acceptors (Lipinski definition) is 1. The number of nitrogens with zero attached hydrogens (tertiary/aromatic N) is 2. The molecule has 2 aromatic heterocycles. The summed E-state index contributed by atoms with van der Waals surface area (Å²) in [5.41, 5.74) is 8.56. The summed E-state index contributed by atoms with van der Waals surface area (Å²) in [6.07, 6.45) is 0. The molecular weight excluding hydrogens is 521 g/mol. The number of hydrogen-bond donors (Lipinski definition) is 0. The topological polar surface area (TPSA) is 17.3 Å². The van der Waals surface area contributed by atoms with E-state index in [1.807, 2.05) is 0 Å². The van der Waals surface area contributed by atoms with Crippen LogP contribution in [0.2, 0.25) is 0 Å². The molecule has 0 aliphatic rings. The van der Waals surface area contributed by atoms with Gasteiger partial charge in [-0.2, -0.15) is 0 Å². The van der Waals surface area contributed by atoms with E-state index in [0.717, 1.165) is 16.6 Å². The molecule has 3 heteroatoms. The normalized spacial score (nSPS) is 12.7. The molecule has 0 N–H and O–H groups in total. The Hall–Kier alpha value is -1.70. The minimum absolute atomic E-state index is 0. The Morgan fingerprint density at radius 3 is 2.11 bits per heavy atom. The van der Waals surface area contributed by atoms with E-state index in [0.29, 0.717) is 0 Å². The summed E-state index contributed by atoms with van der Waals surface area (Å²) < 4.78 is 2.34. The van der Waals surface area contributed by atoms with Crippen molar-refractivity contribution in [2.75, 3.05) is 0 Å². The van der Waals surface area contributed by atoms with Crippen molar-refractivity contribution in [1.82, 2.24) is 9.38 Å². The van der Waals surface area contributed by atoms with Crippen LogP contribution in [0.25, 0.3) is 27.5 Å². The van der Waals surface area contributed by atoms with Gasteiger partial charge in [0, 0.05) is 31.2 Å². The molecule has 0 fully saturated rings. The van der Waals surface area contributed by atoms with E-state index in [4.69, 9.17) is 4.98 Å². The van der Waals surface area contributed by atoms with Crippen molar-refractivity contribution in [3.8, 4) is 0 Å². The molecule has 0 aliphatic heterocycles. The largest absolute Gasteiger partial charge is 0.337 e. The maximum Gasteiger partial charge on any atom is 0.0777 e. The number of pyridine rings is 1. The van der Waals surface area contributed by atoms with Crippen molar-refractivity contribution in [3.63, 3.8) is 0 Å². The van der Waals surface area contributed by atoms with E-state index >= 15 is 0 Å². The SMILES string of the molecule is Cc1cc2nc3c4[c-]cc(C(C)(C)C)cc4cc(C(C)(C)C)n3c2cc1C.[Ir]. The summed E-state index contributed by atoms with van der Waals surface area (Å²) in [4.78, 5) is 5.04. The average molecular weight is 550 g/mol. The summed E-state index contributed by atoms with van der Waals surface area (Å²) in [6, 6.07) is 14.8. The zero-order valence-corrected chi connectivity index (χ0v) is 20.5. The van der Waals surface area contributed by atoms with Gasteiger partial charge in [0.15, 0.2) is 0 Å². The third kappa shape index (κ3) is 3.29. The fraction of sp³-hybridized carbons (Fsp3) is 0.400. The molecule has 28 heavy (non-hydrogen) atoms. The van der Waals surface area contributed by atoms with Crippen molar-refractivity contribution in [3.05, 3.63) is 58.8 Å². The van der Waals surface area contributed by atoms with Gasteiger partial charge in [0.05, 0.1) is 16.7 Å². The summed E-state index contributed by atoms with van der Waals surface area (Å²) in [6.45, 7) is 17.9. The van der Waals surface area contributed by atoms with Gasteiger partial charge in [0.2, 0.25) is 0 Å². The van der Waals surface area contributed by atoms with Gasteiger partial charge < -0.3 is 4.40 Å². The van der Waals surface area contributed by atoms with E-state index in [-0.39, 0.29) is 30.9 Å². The zero-order valence-electron chi connectivity index (χ0n) is 18.1. The molecule has 0 saturated heterocycles. The van der Waals surface area contributed by atoms with Gasteiger partial charge in [0.25, 0.3) is 0 Å². The molecule has 0 aliphatic carbocycles. The fourth-order valence-corrected chi connectivity index (χ4v) is 3.76. The molecule has 2 nitrogen and oxygen atoms in total. The minimum atomic E-state index is 0. The predicted octanol–water partition coefficient (Wildman–Crippen LogP) is 6.65. The second-order valence-corrected chi connectivity index (χ2v) is 9.94. The number of imidazole rings is 1. The quantitative estimate of drug-likeness (QED) is 0.225. The molecule has 2 aromatic carbocycles. The predicted molar refractivity (Wildman–Crippen MR) is 116 cm³/mol. The molecule has 4 aromatic rings. The molecule has 0 unspecified atom stereocenters. The van der Waals surface area contributed by atoms with Gasteiger partial charge >= 0.3 is 0 Å². The van der Waals surface area contributed by atoms with Gasteiger partial charge in [-0.1, -0.05) is 47.6 Å². The third-order valence-electron chi connectivity index (χ3n) is 5.63. The van der Waals surface area contributed by atoms with Crippen LogP contribution in [0.3, 0.4) is 0 Å². The van der Waals surface area contributed by atoms with Gasteiger partial charge in [-0.05, 0) is 42.5 Å². The standard InChI is InChI=1S/C25H29N2.Ir/c1-15-11-20-21(12-16(15)2)27-22(25(6,7)8)14-17-13-18(24(3,4)5)9-10-19(17)23(27)26-20;/h9,11-14H,1-8H3;/q-1;. The van der Waals surface area contributed by atoms with E-state index in [2.05, 4.69) is 96.2 Å². The first-order valence-corrected chi connectivity index (χ1v) is 9.75. The van der Waals surface area contributed by atoms with Gasteiger partial charge in [-0.25, -0.2) is 0 Å². The number of aromatic nitrogens is 2. The van der Waals surface area contributed by atoms with Crippen LogP contribution in [0.5, 0.6) is 0 Å². The van der Waals surface area contributed by atoms with E-state index in [9.17, 15) is 0 Å². The van der Waals surface area contributed by atoms with Crippen LogP contribution < -0.4 is 0 Å². The minimum Gasteiger partial charge on any atom is -0.337 e. The third-order valence-corrected chi connectivity index (χ3v) is 5.63. The Morgan fingerprint density at radius 2 is 1.50 bits per heavy atom. The van der Waals surface area contributed by atoms with Crippen LogP contribution in [0, 0.1) is 19.9 Å². The number of fused-ring (bicyclic) bond motifs is 5. The van der Waals surface area contributed by atoms with Crippen LogP contribution in [-0.2, 0) is 30.9 Å².